The zero-order chi connectivity index (χ0) is 16.2. The van der Waals surface area contributed by atoms with Crippen LogP contribution >= 0.6 is 11.6 Å². The van der Waals surface area contributed by atoms with Crippen molar-refractivity contribution < 1.29 is 13.2 Å². The van der Waals surface area contributed by atoms with Crippen molar-refractivity contribution >= 4 is 38.4 Å². The molecular weight excluding hydrogens is 324 g/mol. The van der Waals surface area contributed by atoms with Crippen LogP contribution in [0.1, 0.15) is 36.5 Å². The molecule has 1 N–H and O–H groups in total. The van der Waals surface area contributed by atoms with Gasteiger partial charge in [-0.05, 0) is 24.6 Å². The van der Waals surface area contributed by atoms with Crippen molar-refractivity contribution in [2.24, 2.45) is 0 Å². The lowest BCUT2D eigenvalue weighted by Crippen LogP contribution is -2.32. The molecule has 0 saturated heterocycles. The van der Waals surface area contributed by atoms with Gasteiger partial charge >= 0.3 is 0 Å². The molecule has 1 aromatic carbocycles. The first-order valence-corrected chi connectivity index (χ1v) is 9.05. The van der Waals surface area contributed by atoms with Crippen LogP contribution in [0, 0.1) is 0 Å². The maximum Gasteiger partial charge on any atom is 0.264 e. The highest BCUT2D eigenvalue weighted by molar-refractivity contribution is 7.90. The van der Waals surface area contributed by atoms with E-state index < -0.39 is 15.9 Å². The third-order valence-corrected chi connectivity index (χ3v) is 4.87. The molecule has 0 aliphatic carbocycles. The van der Waals surface area contributed by atoms with Crippen LogP contribution in [-0.4, -0.2) is 25.1 Å². The van der Waals surface area contributed by atoms with Crippen LogP contribution in [0.15, 0.2) is 30.5 Å². The minimum Gasteiger partial charge on any atom is -0.268 e. The molecule has 0 saturated carbocycles. The van der Waals surface area contributed by atoms with Crippen molar-refractivity contribution in [3.63, 3.8) is 0 Å². The Morgan fingerprint density at radius 1 is 1.27 bits per heavy atom. The number of hydrogen-bond acceptors (Lipinski definition) is 4. The molecule has 0 spiro atoms. The number of hydrogen-bond donors (Lipinski definition) is 1. The third kappa shape index (κ3) is 4.18. The summed E-state index contributed by atoms with van der Waals surface area (Å²) in [6.07, 6.45) is 3.80. The van der Waals surface area contributed by atoms with Gasteiger partial charge in [-0.2, -0.15) is 0 Å². The van der Waals surface area contributed by atoms with E-state index in [1.54, 1.807) is 12.1 Å². The van der Waals surface area contributed by atoms with Crippen LogP contribution in [-0.2, 0) is 10.0 Å². The summed E-state index contributed by atoms with van der Waals surface area (Å²) in [6.45, 7) is 1.98. The summed E-state index contributed by atoms with van der Waals surface area (Å²) in [5, 5.41) is 1.25. The average molecular weight is 341 g/mol. The molecule has 118 valence electrons. The average Bonchev–Trinajstić information content (AvgIpc) is 2.47. The third-order valence-electron chi connectivity index (χ3n) is 3.22. The second-order valence-electron chi connectivity index (χ2n) is 4.98. The molecule has 2 rings (SSSR count). The van der Waals surface area contributed by atoms with Gasteiger partial charge in [-0.1, -0.05) is 37.4 Å². The number of unbranched alkanes of at least 4 members (excludes halogenated alkanes) is 2. The Bertz CT molecular complexity index is 790. The first kappa shape index (κ1) is 16.7. The largest absolute Gasteiger partial charge is 0.268 e. The number of carbonyl (C=O) groups is 1. The monoisotopic (exact) mass is 340 g/mol. The fourth-order valence-corrected chi connectivity index (χ4v) is 3.35. The second-order valence-corrected chi connectivity index (χ2v) is 7.23. The molecule has 0 fully saturated rings. The molecule has 0 bridgehead atoms. The molecule has 0 aliphatic heterocycles. The molecule has 2 aromatic rings. The van der Waals surface area contributed by atoms with Crippen LogP contribution in [0.4, 0.5) is 0 Å². The molecule has 1 heterocycles. The molecule has 7 heteroatoms. The predicted molar refractivity (Wildman–Crippen MR) is 87.5 cm³/mol. The highest BCUT2D eigenvalue weighted by Gasteiger charge is 2.16. The van der Waals surface area contributed by atoms with E-state index in [0.29, 0.717) is 22.3 Å². The molecule has 1 aromatic heterocycles. The van der Waals surface area contributed by atoms with E-state index >= 15 is 0 Å². The van der Waals surface area contributed by atoms with Gasteiger partial charge in [-0.3, -0.25) is 9.78 Å². The zero-order valence-electron chi connectivity index (χ0n) is 12.2. The SMILES string of the molecule is CCCCCS(=O)(=O)NC(=O)c1ccc2c(Cl)ccnc2c1. The predicted octanol–water partition coefficient (Wildman–Crippen LogP) is 3.14. The Balaban J connectivity index is 2.16. The number of amides is 1. The molecule has 0 unspecified atom stereocenters. The van der Waals surface area contributed by atoms with Gasteiger partial charge in [0.25, 0.3) is 5.91 Å². The van der Waals surface area contributed by atoms with Gasteiger partial charge in [-0.15, -0.1) is 0 Å². The maximum atomic E-state index is 12.1. The number of aromatic nitrogens is 1. The summed E-state index contributed by atoms with van der Waals surface area (Å²) >= 11 is 6.03. The quantitative estimate of drug-likeness (QED) is 0.819. The molecule has 1 amide bonds. The van der Waals surface area contributed by atoms with E-state index in [0.717, 1.165) is 12.8 Å². The highest BCUT2D eigenvalue weighted by atomic mass is 35.5. The lowest BCUT2D eigenvalue weighted by atomic mass is 10.1. The first-order valence-electron chi connectivity index (χ1n) is 7.02. The van der Waals surface area contributed by atoms with Crippen LogP contribution < -0.4 is 4.72 Å². The van der Waals surface area contributed by atoms with Gasteiger partial charge in [0.05, 0.1) is 16.3 Å². The van der Waals surface area contributed by atoms with Gasteiger partial charge in [0, 0.05) is 17.1 Å². The Morgan fingerprint density at radius 3 is 2.77 bits per heavy atom. The number of carbonyl (C=O) groups excluding carboxylic acids is 1. The Hall–Kier alpha value is -1.66. The number of nitrogens with one attached hydrogen (secondary N) is 1. The van der Waals surface area contributed by atoms with Crippen LogP contribution in [0.3, 0.4) is 0 Å². The minimum absolute atomic E-state index is 0.0513. The van der Waals surface area contributed by atoms with E-state index in [1.165, 1.54) is 18.3 Å². The molecular formula is C15H17ClN2O3S. The van der Waals surface area contributed by atoms with Crippen molar-refractivity contribution in [2.75, 3.05) is 5.75 Å². The smallest absolute Gasteiger partial charge is 0.264 e. The fourth-order valence-electron chi connectivity index (χ4n) is 2.05. The summed E-state index contributed by atoms with van der Waals surface area (Å²) in [5.74, 6) is -0.704. The molecule has 0 atom stereocenters. The molecule has 5 nitrogen and oxygen atoms in total. The van der Waals surface area contributed by atoms with Crippen LogP contribution in [0.5, 0.6) is 0 Å². The number of halogens is 1. The van der Waals surface area contributed by atoms with E-state index in [1.807, 2.05) is 6.92 Å². The van der Waals surface area contributed by atoms with Crippen LogP contribution in [0.2, 0.25) is 5.02 Å². The lowest BCUT2D eigenvalue weighted by Gasteiger charge is -2.07. The van der Waals surface area contributed by atoms with Gasteiger partial charge in [0.1, 0.15) is 0 Å². The molecule has 0 aliphatic rings. The van der Waals surface area contributed by atoms with Gasteiger partial charge in [0.15, 0.2) is 0 Å². The van der Waals surface area contributed by atoms with Gasteiger partial charge in [0.2, 0.25) is 10.0 Å². The summed E-state index contributed by atoms with van der Waals surface area (Å²) in [4.78, 5) is 16.2. The van der Waals surface area contributed by atoms with Crippen molar-refractivity contribution in [3.05, 3.63) is 41.0 Å². The van der Waals surface area contributed by atoms with E-state index in [4.69, 9.17) is 11.6 Å². The topological polar surface area (TPSA) is 76.1 Å². The summed E-state index contributed by atoms with van der Waals surface area (Å²) in [6, 6.07) is 6.37. The van der Waals surface area contributed by atoms with Crippen molar-refractivity contribution in [3.8, 4) is 0 Å². The number of fused-ring (bicyclic) bond motifs is 1. The van der Waals surface area contributed by atoms with Crippen molar-refractivity contribution in [2.45, 2.75) is 26.2 Å². The van der Waals surface area contributed by atoms with Gasteiger partial charge < -0.3 is 0 Å². The number of pyridine rings is 1. The molecule has 0 radical (unpaired) electrons. The Labute approximate surface area is 134 Å². The summed E-state index contributed by atoms with van der Waals surface area (Å²) in [5.41, 5.74) is 0.782. The lowest BCUT2D eigenvalue weighted by molar-refractivity contribution is 0.0981. The first-order chi connectivity index (χ1) is 10.4. The van der Waals surface area contributed by atoms with E-state index in [9.17, 15) is 13.2 Å². The number of rotatable bonds is 6. The normalized spacial score (nSPS) is 11.5. The highest BCUT2D eigenvalue weighted by Crippen LogP contribution is 2.22. The Kier molecular flexibility index (Phi) is 5.37. The fraction of sp³-hybridized carbons (Fsp3) is 0.333. The second kappa shape index (κ2) is 7.07. The van der Waals surface area contributed by atoms with Crippen molar-refractivity contribution in [1.29, 1.82) is 0 Å². The molecule has 22 heavy (non-hydrogen) atoms. The summed E-state index contributed by atoms with van der Waals surface area (Å²) < 4.78 is 25.8. The Morgan fingerprint density at radius 2 is 2.05 bits per heavy atom. The van der Waals surface area contributed by atoms with Crippen molar-refractivity contribution in [1.82, 2.24) is 9.71 Å². The maximum absolute atomic E-state index is 12.1. The number of benzene rings is 1. The van der Waals surface area contributed by atoms with E-state index in [-0.39, 0.29) is 11.3 Å². The minimum atomic E-state index is -3.61. The number of sulfonamides is 1. The number of nitrogens with zero attached hydrogens (tertiary/aromatic N) is 1. The standard InChI is InChI=1S/C15H17ClN2O3S/c1-2-3-4-9-22(20,21)18-15(19)11-5-6-12-13(16)7-8-17-14(12)10-11/h5-8,10H,2-4,9H2,1H3,(H,18,19). The van der Waals surface area contributed by atoms with Gasteiger partial charge in [-0.25, -0.2) is 13.1 Å². The summed E-state index contributed by atoms with van der Waals surface area (Å²) in [7, 11) is -3.61. The zero-order valence-corrected chi connectivity index (χ0v) is 13.7. The van der Waals surface area contributed by atoms with E-state index in [2.05, 4.69) is 9.71 Å². The van der Waals surface area contributed by atoms with Crippen LogP contribution in [0.25, 0.3) is 10.9 Å².